The molecule has 1 aromatic rings. The molecule has 2 aliphatic heterocycles. The summed E-state index contributed by atoms with van der Waals surface area (Å²) in [5.74, 6) is 2.34. The number of aliphatic imine (C=N–C) groups is 1. The van der Waals surface area contributed by atoms with Crippen LogP contribution in [0.5, 0.6) is 5.75 Å². The summed E-state index contributed by atoms with van der Waals surface area (Å²) >= 11 is 6.03. The van der Waals surface area contributed by atoms with Crippen molar-refractivity contribution in [2.24, 2.45) is 10.9 Å². The second-order valence-corrected chi connectivity index (χ2v) is 7.77. The van der Waals surface area contributed by atoms with E-state index in [1.807, 2.05) is 25.2 Å². The van der Waals surface area contributed by atoms with Crippen LogP contribution in [0.1, 0.15) is 24.8 Å². The average Bonchev–Trinajstić information content (AvgIpc) is 3.20. The van der Waals surface area contributed by atoms with E-state index in [1.165, 1.54) is 13.0 Å². The topological polar surface area (TPSA) is 58.1 Å². The Balaban J connectivity index is 0.00000280. The molecule has 1 unspecified atom stereocenters. The number of ether oxygens (including phenoxy) is 2. The lowest BCUT2D eigenvalue weighted by atomic mass is 10.0. The van der Waals surface area contributed by atoms with Gasteiger partial charge in [-0.25, -0.2) is 0 Å². The highest BCUT2D eigenvalue weighted by Gasteiger charge is 2.24. The van der Waals surface area contributed by atoms with Crippen LogP contribution < -0.4 is 15.4 Å². The van der Waals surface area contributed by atoms with Crippen LogP contribution in [0.2, 0.25) is 5.02 Å². The van der Waals surface area contributed by atoms with Crippen molar-refractivity contribution in [3.05, 3.63) is 28.8 Å². The van der Waals surface area contributed by atoms with Crippen molar-refractivity contribution in [3.63, 3.8) is 0 Å². The zero-order valence-corrected chi connectivity index (χ0v) is 19.8. The SMILES string of the molecule is CN=C(NCc1ccc(Cl)cc1OC)NC1CCN(CC2CCOC2)CC1.I. The van der Waals surface area contributed by atoms with E-state index in [1.54, 1.807) is 7.11 Å². The molecular formula is C20H32ClIN4O2. The van der Waals surface area contributed by atoms with Crippen molar-refractivity contribution in [2.45, 2.75) is 31.8 Å². The van der Waals surface area contributed by atoms with Crippen LogP contribution in [0.3, 0.4) is 0 Å². The van der Waals surface area contributed by atoms with Crippen LogP contribution in [0.4, 0.5) is 0 Å². The van der Waals surface area contributed by atoms with Gasteiger partial charge in [0.2, 0.25) is 0 Å². The minimum Gasteiger partial charge on any atom is -0.496 e. The van der Waals surface area contributed by atoms with Gasteiger partial charge < -0.3 is 25.0 Å². The summed E-state index contributed by atoms with van der Waals surface area (Å²) in [6.07, 6.45) is 3.49. The molecule has 0 aliphatic carbocycles. The summed E-state index contributed by atoms with van der Waals surface area (Å²) in [6, 6.07) is 6.15. The first-order chi connectivity index (χ1) is 13.2. The van der Waals surface area contributed by atoms with Gasteiger partial charge in [-0.3, -0.25) is 4.99 Å². The highest BCUT2D eigenvalue weighted by molar-refractivity contribution is 14.0. The summed E-state index contributed by atoms with van der Waals surface area (Å²) < 4.78 is 10.9. The number of benzene rings is 1. The van der Waals surface area contributed by atoms with Crippen molar-refractivity contribution >= 4 is 41.5 Å². The quantitative estimate of drug-likeness (QED) is 0.342. The van der Waals surface area contributed by atoms with E-state index in [-0.39, 0.29) is 24.0 Å². The molecule has 0 saturated carbocycles. The van der Waals surface area contributed by atoms with E-state index in [0.29, 0.717) is 17.6 Å². The van der Waals surface area contributed by atoms with Crippen molar-refractivity contribution in [1.29, 1.82) is 0 Å². The number of halogens is 2. The first-order valence-corrected chi connectivity index (χ1v) is 10.2. The Hall–Kier alpha value is -0.770. The predicted octanol–water partition coefficient (Wildman–Crippen LogP) is 3.13. The monoisotopic (exact) mass is 522 g/mol. The fourth-order valence-corrected chi connectivity index (χ4v) is 3.95. The number of hydrogen-bond acceptors (Lipinski definition) is 4. The summed E-state index contributed by atoms with van der Waals surface area (Å²) in [4.78, 5) is 6.95. The van der Waals surface area contributed by atoms with Gasteiger partial charge in [-0.1, -0.05) is 17.7 Å². The third-order valence-electron chi connectivity index (χ3n) is 5.39. The Kier molecular flexibility index (Phi) is 10.1. The van der Waals surface area contributed by atoms with E-state index in [0.717, 1.165) is 62.3 Å². The van der Waals surface area contributed by atoms with Gasteiger partial charge in [-0.05, 0) is 37.3 Å². The first-order valence-electron chi connectivity index (χ1n) is 9.77. The first kappa shape index (κ1) is 23.5. The number of likely N-dealkylation sites (tertiary alicyclic amines) is 1. The minimum atomic E-state index is 0. The third kappa shape index (κ3) is 6.93. The highest BCUT2D eigenvalue weighted by Crippen LogP contribution is 2.23. The lowest BCUT2D eigenvalue weighted by Gasteiger charge is -2.34. The summed E-state index contributed by atoms with van der Waals surface area (Å²) in [5, 5.41) is 7.62. The summed E-state index contributed by atoms with van der Waals surface area (Å²) in [6.45, 7) is 5.95. The molecule has 8 heteroatoms. The maximum atomic E-state index is 6.03. The third-order valence-corrected chi connectivity index (χ3v) is 5.62. The van der Waals surface area contributed by atoms with E-state index in [2.05, 4.69) is 20.5 Å². The average molecular weight is 523 g/mol. The molecule has 2 heterocycles. The van der Waals surface area contributed by atoms with Gasteiger partial charge >= 0.3 is 0 Å². The van der Waals surface area contributed by atoms with E-state index in [4.69, 9.17) is 21.1 Å². The minimum absolute atomic E-state index is 0. The Morgan fingerprint density at radius 1 is 1.32 bits per heavy atom. The largest absolute Gasteiger partial charge is 0.496 e. The normalized spacial score (nSPS) is 21.2. The van der Waals surface area contributed by atoms with Crippen LogP contribution in [-0.4, -0.2) is 63.9 Å². The van der Waals surface area contributed by atoms with Crippen molar-refractivity contribution < 1.29 is 9.47 Å². The molecule has 0 radical (unpaired) electrons. The maximum absolute atomic E-state index is 6.03. The lowest BCUT2D eigenvalue weighted by Crippen LogP contribution is -2.49. The van der Waals surface area contributed by atoms with Gasteiger partial charge in [0.05, 0.1) is 13.7 Å². The Bertz CT molecular complexity index is 633. The molecule has 2 aliphatic rings. The van der Waals surface area contributed by atoms with Crippen LogP contribution in [0.25, 0.3) is 0 Å². The maximum Gasteiger partial charge on any atom is 0.191 e. The molecule has 0 amide bonds. The molecule has 1 aromatic carbocycles. The molecule has 2 fully saturated rings. The number of piperidine rings is 1. The molecule has 2 saturated heterocycles. The van der Waals surface area contributed by atoms with Gasteiger partial charge in [0.15, 0.2) is 5.96 Å². The fourth-order valence-electron chi connectivity index (χ4n) is 3.78. The molecular weight excluding hydrogens is 491 g/mol. The lowest BCUT2D eigenvalue weighted by molar-refractivity contribution is 0.150. The molecule has 1 atom stereocenters. The number of rotatable bonds is 6. The van der Waals surface area contributed by atoms with Gasteiger partial charge in [-0.15, -0.1) is 24.0 Å². The van der Waals surface area contributed by atoms with Crippen LogP contribution in [0.15, 0.2) is 23.2 Å². The fraction of sp³-hybridized carbons (Fsp3) is 0.650. The standard InChI is InChI=1S/C20H31ClN4O2.HI/c1-22-20(23-12-16-3-4-17(21)11-19(16)26-2)24-18-5-8-25(9-6-18)13-15-7-10-27-14-15;/h3-4,11,15,18H,5-10,12-14H2,1-2H3,(H2,22,23,24);1H. The second kappa shape index (κ2) is 12.0. The zero-order valence-electron chi connectivity index (χ0n) is 16.7. The van der Waals surface area contributed by atoms with Gasteiger partial charge in [0.25, 0.3) is 0 Å². The number of methoxy groups -OCH3 is 1. The van der Waals surface area contributed by atoms with Gasteiger partial charge in [-0.2, -0.15) is 0 Å². The van der Waals surface area contributed by atoms with E-state index < -0.39 is 0 Å². The second-order valence-electron chi connectivity index (χ2n) is 7.33. The molecule has 2 N–H and O–H groups in total. The molecule has 28 heavy (non-hydrogen) atoms. The highest BCUT2D eigenvalue weighted by atomic mass is 127. The van der Waals surface area contributed by atoms with Crippen LogP contribution in [0, 0.1) is 5.92 Å². The molecule has 158 valence electrons. The van der Waals surface area contributed by atoms with Crippen LogP contribution in [-0.2, 0) is 11.3 Å². The Morgan fingerprint density at radius 3 is 2.75 bits per heavy atom. The summed E-state index contributed by atoms with van der Waals surface area (Å²) in [5.41, 5.74) is 1.05. The molecule has 3 rings (SSSR count). The van der Waals surface area contributed by atoms with Crippen LogP contribution >= 0.6 is 35.6 Å². The number of hydrogen-bond donors (Lipinski definition) is 2. The van der Waals surface area contributed by atoms with Crippen molar-refractivity contribution in [1.82, 2.24) is 15.5 Å². The Morgan fingerprint density at radius 2 is 2.11 bits per heavy atom. The Labute approximate surface area is 190 Å². The van der Waals surface area contributed by atoms with Gasteiger partial charge in [0, 0.05) is 56.5 Å². The predicted molar refractivity (Wildman–Crippen MR) is 125 cm³/mol. The molecule has 0 spiro atoms. The smallest absolute Gasteiger partial charge is 0.191 e. The van der Waals surface area contributed by atoms with Crippen molar-refractivity contribution in [3.8, 4) is 5.75 Å². The zero-order chi connectivity index (χ0) is 19.1. The molecule has 6 nitrogen and oxygen atoms in total. The van der Waals surface area contributed by atoms with E-state index in [9.17, 15) is 0 Å². The van der Waals surface area contributed by atoms with Crippen molar-refractivity contribution in [2.75, 3.05) is 47.0 Å². The van der Waals surface area contributed by atoms with E-state index >= 15 is 0 Å². The number of guanidine groups is 1. The number of nitrogens with one attached hydrogen (secondary N) is 2. The number of nitrogens with zero attached hydrogens (tertiary/aromatic N) is 2. The van der Waals surface area contributed by atoms with Gasteiger partial charge in [0.1, 0.15) is 5.75 Å². The summed E-state index contributed by atoms with van der Waals surface area (Å²) in [7, 11) is 3.47. The molecule has 0 bridgehead atoms. The molecule has 0 aromatic heterocycles.